The highest BCUT2D eigenvalue weighted by molar-refractivity contribution is 6.88. The molecule has 0 aliphatic heterocycles. The van der Waals surface area contributed by atoms with Crippen LogP contribution < -0.4 is 0 Å². The van der Waals surface area contributed by atoms with E-state index in [0.717, 1.165) is 0 Å². The number of allylic oxidation sites excluding steroid dienone is 2. The van der Waals surface area contributed by atoms with Crippen molar-refractivity contribution in [3.63, 3.8) is 0 Å². The van der Waals surface area contributed by atoms with E-state index in [2.05, 4.69) is 51.2 Å². The molecule has 0 nitrogen and oxygen atoms in total. The summed E-state index contributed by atoms with van der Waals surface area (Å²) in [6, 6.07) is 2.74. The van der Waals surface area contributed by atoms with Crippen LogP contribution in [0.3, 0.4) is 0 Å². The van der Waals surface area contributed by atoms with E-state index in [0.29, 0.717) is 0 Å². The van der Waals surface area contributed by atoms with E-state index in [1.165, 1.54) is 18.5 Å². The molecule has 0 spiro atoms. The number of hydrogen-bond acceptors (Lipinski definition) is 0. The molecule has 70 valence electrons. The van der Waals surface area contributed by atoms with Crippen LogP contribution in [0.5, 0.6) is 0 Å². The zero-order valence-electron chi connectivity index (χ0n) is 8.93. The maximum atomic E-state index is 2.47. The zero-order valence-corrected chi connectivity index (χ0v) is 9.93. The molecule has 0 saturated carbocycles. The summed E-state index contributed by atoms with van der Waals surface area (Å²) in [5.74, 6) is 0. The lowest BCUT2D eigenvalue weighted by molar-refractivity contribution is 1.04. The summed E-state index contributed by atoms with van der Waals surface area (Å²) in [7, 11) is -1.13. The molecule has 0 N–H and O–H groups in total. The van der Waals surface area contributed by atoms with Gasteiger partial charge in [-0.3, -0.25) is 0 Å². The van der Waals surface area contributed by atoms with Gasteiger partial charge >= 0.3 is 0 Å². The second kappa shape index (κ2) is 6.24. The molecule has 0 amide bonds. The van der Waals surface area contributed by atoms with E-state index < -0.39 is 8.07 Å². The van der Waals surface area contributed by atoms with Gasteiger partial charge in [-0.15, -0.1) is 0 Å². The lowest BCUT2D eigenvalue weighted by atomic mass is 10.6. The molecule has 0 aromatic carbocycles. The predicted molar refractivity (Wildman–Crippen MR) is 61.0 cm³/mol. The highest BCUT2D eigenvalue weighted by atomic mass is 28.3. The molecular weight excluding hydrogens is 160 g/mol. The first-order chi connectivity index (χ1) is 5.74. The largest absolute Gasteiger partial charge is 0.101 e. The quantitative estimate of drug-likeness (QED) is 0.562. The molecule has 0 aromatic heterocycles. The summed E-state index contributed by atoms with van der Waals surface area (Å²) >= 11 is 0. The van der Waals surface area contributed by atoms with Crippen LogP contribution in [0.4, 0.5) is 0 Å². The number of rotatable bonds is 5. The van der Waals surface area contributed by atoms with Crippen molar-refractivity contribution in [1.29, 1.82) is 0 Å². The van der Waals surface area contributed by atoms with Crippen LogP contribution in [-0.4, -0.2) is 8.07 Å². The van der Waals surface area contributed by atoms with Crippen molar-refractivity contribution in [2.75, 3.05) is 0 Å². The third kappa shape index (κ3) is 3.40. The molecule has 0 aliphatic carbocycles. The van der Waals surface area contributed by atoms with Crippen LogP contribution in [0.15, 0.2) is 23.6 Å². The Bertz CT molecular complexity index is 144. The Kier molecular flexibility index (Phi) is 6.08. The second-order valence-corrected chi connectivity index (χ2v) is 7.68. The number of hydrogen-bond donors (Lipinski definition) is 0. The molecule has 0 heterocycles. The third-order valence-electron chi connectivity index (χ3n) is 2.37. The molecule has 0 saturated heterocycles. The van der Waals surface area contributed by atoms with Crippen molar-refractivity contribution < 1.29 is 0 Å². The minimum atomic E-state index is -1.13. The first kappa shape index (κ1) is 11.7. The van der Waals surface area contributed by atoms with E-state index in [1.54, 1.807) is 0 Å². The Hall–Kier alpha value is -0.303. The Morgan fingerprint density at radius 3 is 1.75 bits per heavy atom. The Morgan fingerprint density at radius 2 is 1.50 bits per heavy atom. The van der Waals surface area contributed by atoms with Gasteiger partial charge in [0.1, 0.15) is 8.07 Å². The van der Waals surface area contributed by atoms with Crippen LogP contribution in [0.25, 0.3) is 0 Å². The zero-order chi connectivity index (χ0) is 9.45. The van der Waals surface area contributed by atoms with Crippen molar-refractivity contribution in [2.24, 2.45) is 0 Å². The summed E-state index contributed by atoms with van der Waals surface area (Å²) in [6.07, 6.45) is 5.77. The molecule has 0 atom stereocenters. The van der Waals surface area contributed by atoms with Gasteiger partial charge in [0.15, 0.2) is 0 Å². The van der Waals surface area contributed by atoms with Gasteiger partial charge in [-0.05, 0) is 13.8 Å². The van der Waals surface area contributed by atoms with Crippen LogP contribution in [-0.2, 0) is 0 Å². The summed E-state index contributed by atoms with van der Waals surface area (Å²) in [5, 5.41) is 0. The maximum absolute atomic E-state index is 2.47. The Balaban J connectivity index is 4.49. The first-order valence-electron chi connectivity index (χ1n) is 5.02. The molecule has 0 fully saturated rings. The first-order valence-corrected chi connectivity index (χ1v) is 7.59. The van der Waals surface area contributed by atoms with Crippen LogP contribution in [0.2, 0.25) is 12.1 Å². The predicted octanol–water partition coefficient (Wildman–Crippen LogP) is 4.10. The Labute approximate surface area is 78.4 Å². The van der Waals surface area contributed by atoms with Gasteiger partial charge in [0.2, 0.25) is 0 Å². The van der Waals surface area contributed by atoms with Crippen molar-refractivity contribution in [1.82, 2.24) is 0 Å². The van der Waals surface area contributed by atoms with E-state index in [-0.39, 0.29) is 0 Å². The fraction of sp³-hybridized carbons (Fsp3) is 0.636. The van der Waals surface area contributed by atoms with Crippen molar-refractivity contribution in [3.05, 3.63) is 23.6 Å². The molecular formula is C11H22Si. The van der Waals surface area contributed by atoms with Gasteiger partial charge in [-0.25, -0.2) is 0 Å². The van der Waals surface area contributed by atoms with Gasteiger partial charge < -0.3 is 0 Å². The summed E-state index contributed by atoms with van der Waals surface area (Å²) in [4.78, 5) is 0. The van der Waals surface area contributed by atoms with Crippen LogP contribution >= 0.6 is 0 Å². The molecule has 0 unspecified atom stereocenters. The SMILES string of the molecule is CC=C[Si](C=CC)(CC)CCC. The molecule has 0 rings (SSSR count). The van der Waals surface area contributed by atoms with Gasteiger partial charge in [-0.2, -0.15) is 0 Å². The monoisotopic (exact) mass is 182 g/mol. The average molecular weight is 182 g/mol. The van der Waals surface area contributed by atoms with E-state index in [9.17, 15) is 0 Å². The minimum Gasteiger partial charge on any atom is -0.0952 e. The van der Waals surface area contributed by atoms with Gasteiger partial charge in [0.25, 0.3) is 0 Å². The second-order valence-electron chi connectivity index (χ2n) is 3.34. The van der Waals surface area contributed by atoms with E-state index in [1.807, 2.05) is 0 Å². The van der Waals surface area contributed by atoms with E-state index >= 15 is 0 Å². The molecule has 0 aliphatic rings. The molecule has 12 heavy (non-hydrogen) atoms. The molecule has 0 radical (unpaired) electrons. The van der Waals surface area contributed by atoms with Crippen molar-refractivity contribution in [3.8, 4) is 0 Å². The average Bonchev–Trinajstić information content (AvgIpc) is 2.06. The van der Waals surface area contributed by atoms with Gasteiger partial charge in [0, 0.05) is 0 Å². The molecule has 0 aromatic rings. The van der Waals surface area contributed by atoms with Crippen LogP contribution in [0.1, 0.15) is 34.1 Å². The highest BCUT2D eigenvalue weighted by Crippen LogP contribution is 2.20. The highest BCUT2D eigenvalue weighted by Gasteiger charge is 2.22. The third-order valence-corrected chi connectivity index (χ3v) is 7.11. The van der Waals surface area contributed by atoms with Crippen molar-refractivity contribution in [2.45, 2.75) is 46.2 Å². The maximum Gasteiger partial charge on any atom is 0.101 e. The van der Waals surface area contributed by atoms with Gasteiger partial charge in [-0.1, -0.05) is 55.9 Å². The van der Waals surface area contributed by atoms with E-state index in [4.69, 9.17) is 0 Å². The molecule has 0 bridgehead atoms. The lowest BCUT2D eigenvalue weighted by Gasteiger charge is -2.22. The fourth-order valence-electron chi connectivity index (χ4n) is 1.76. The minimum absolute atomic E-state index is 1.13. The summed E-state index contributed by atoms with van der Waals surface area (Å²) in [5.41, 5.74) is 4.94. The summed E-state index contributed by atoms with van der Waals surface area (Å²) < 4.78 is 0. The Morgan fingerprint density at radius 1 is 1.00 bits per heavy atom. The fourth-order valence-corrected chi connectivity index (χ4v) is 5.29. The van der Waals surface area contributed by atoms with Gasteiger partial charge in [0.05, 0.1) is 0 Å². The van der Waals surface area contributed by atoms with Crippen LogP contribution in [0, 0.1) is 0 Å². The molecule has 1 heteroatoms. The topological polar surface area (TPSA) is 0 Å². The standard InChI is InChI=1S/C11H22Si/c1-5-9-12(8-4,10-6-2)11-7-3/h5-6,9-10H,7-8,11H2,1-4H3. The lowest BCUT2D eigenvalue weighted by Crippen LogP contribution is -2.28. The normalized spacial score (nSPS) is 17.3. The van der Waals surface area contributed by atoms with Crippen molar-refractivity contribution >= 4 is 8.07 Å². The smallest absolute Gasteiger partial charge is 0.0952 e. The summed E-state index contributed by atoms with van der Waals surface area (Å²) in [6.45, 7) is 8.87.